The number of nitrogens with one attached hydrogen (secondary N) is 2. The van der Waals surface area contributed by atoms with Gasteiger partial charge in [0, 0.05) is 18.0 Å². The zero-order valence-corrected chi connectivity index (χ0v) is 17.5. The Kier molecular flexibility index (Phi) is 6.77. The van der Waals surface area contributed by atoms with Crippen molar-refractivity contribution in [3.8, 4) is 5.75 Å². The molecule has 1 saturated carbocycles. The van der Waals surface area contributed by atoms with E-state index >= 15 is 0 Å². The predicted molar refractivity (Wildman–Crippen MR) is 111 cm³/mol. The third-order valence-electron chi connectivity index (χ3n) is 4.98. The molecule has 1 heterocycles. The maximum absolute atomic E-state index is 12.4. The number of rotatable bonds is 6. The second-order valence-corrected chi connectivity index (χ2v) is 8.79. The fourth-order valence-electron chi connectivity index (χ4n) is 3.58. The molecule has 1 aliphatic carbocycles. The van der Waals surface area contributed by atoms with Crippen molar-refractivity contribution in [3.05, 3.63) is 29.8 Å². The summed E-state index contributed by atoms with van der Waals surface area (Å²) in [4.78, 5) is 29.6. The zero-order chi connectivity index (χ0) is 20.9. The van der Waals surface area contributed by atoms with Crippen LogP contribution in [-0.4, -0.2) is 41.8 Å². The molecule has 2 aliphatic rings. The third kappa shape index (κ3) is 6.48. The van der Waals surface area contributed by atoms with Gasteiger partial charge in [-0.3, -0.25) is 9.59 Å². The molecule has 1 aliphatic heterocycles. The summed E-state index contributed by atoms with van der Waals surface area (Å²) in [6, 6.07) is 7.56. The van der Waals surface area contributed by atoms with Crippen LogP contribution in [0, 0.1) is 0 Å². The molecule has 0 saturated heterocycles. The summed E-state index contributed by atoms with van der Waals surface area (Å²) in [5, 5.41) is 10.0. The number of benzene rings is 1. The maximum Gasteiger partial charge on any atom is 0.264 e. The van der Waals surface area contributed by atoms with E-state index in [9.17, 15) is 9.59 Å². The summed E-state index contributed by atoms with van der Waals surface area (Å²) in [6.45, 7) is 5.73. The molecule has 0 aromatic heterocycles. The zero-order valence-electron chi connectivity index (χ0n) is 17.5. The first-order chi connectivity index (χ1) is 13.8. The van der Waals surface area contributed by atoms with Gasteiger partial charge < -0.3 is 20.2 Å². The van der Waals surface area contributed by atoms with E-state index in [-0.39, 0.29) is 30.0 Å². The van der Waals surface area contributed by atoms with E-state index in [1.165, 1.54) is 19.3 Å². The lowest BCUT2D eigenvalue weighted by atomic mass is 9.95. The van der Waals surface area contributed by atoms with Gasteiger partial charge in [0.1, 0.15) is 5.75 Å². The van der Waals surface area contributed by atoms with Gasteiger partial charge >= 0.3 is 0 Å². The van der Waals surface area contributed by atoms with Crippen molar-refractivity contribution in [1.82, 2.24) is 10.6 Å². The largest absolute Gasteiger partial charge is 0.484 e. The van der Waals surface area contributed by atoms with E-state index < -0.39 is 6.10 Å². The smallest absolute Gasteiger partial charge is 0.264 e. The summed E-state index contributed by atoms with van der Waals surface area (Å²) in [7, 11) is 0. The quantitative estimate of drug-likeness (QED) is 0.767. The molecule has 3 rings (SSSR count). The van der Waals surface area contributed by atoms with E-state index in [0.29, 0.717) is 12.2 Å². The van der Waals surface area contributed by atoms with Crippen LogP contribution in [0.2, 0.25) is 0 Å². The van der Waals surface area contributed by atoms with Crippen LogP contribution in [0.25, 0.3) is 0 Å². The highest BCUT2D eigenvalue weighted by Crippen LogP contribution is 2.21. The molecule has 1 atom stereocenters. The fourth-order valence-corrected chi connectivity index (χ4v) is 3.58. The number of hydrogen-bond donors (Lipinski definition) is 2. The van der Waals surface area contributed by atoms with Gasteiger partial charge in [0.25, 0.3) is 11.8 Å². The SMILES string of the molecule is CC(C)(C)NC(=O)COc1ccc(C2=NOC(C(=O)NC3CCCCC3)C2)cc1. The van der Waals surface area contributed by atoms with Crippen molar-refractivity contribution >= 4 is 17.5 Å². The van der Waals surface area contributed by atoms with Gasteiger partial charge in [-0.05, 0) is 63.4 Å². The highest BCUT2D eigenvalue weighted by molar-refractivity contribution is 6.04. The molecule has 1 unspecified atom stereocenters. The molecule has 2 amide bonds. The molecular weight excluding hydrogens is 370 g/mol. The summed E-state index contributed by atoms with van der Waals surface area (Å²) in [6.07, 6.45) is 5.56. The van der Waals surface area contributed by atoms with Gasteiger partial charge in [-0.2, -0.15) is 0 Å². The second kappa shape index (κ2) is 9.29. The summed E-state index contributed by atoms with van der Waals surface area (Å²) < 4.78 is 5.53. The molecule has 1 fully saturated rings. The Morgan fingerprint density at radius 1 is 1.14 bits per heavy atom. The first-order valence-corrected chi connectivity index (χ1v) is 10.4. The highest BCUT2D eigenvalue weighted by atomic mass is 16.6. The molecule has 7 heteroatoms. The number of ether oxygens (including phenoxy) is 1. The first-order valence-electron chi connectivity index (χ1n) is 10.4. The van der Waals surface area contributed by atoms with Gasteiger partial charge in [0.2, 0.25) is 6.10 Å². The van der Waals surface area contributed by atoms with Crippen molar-refractivity contribution in [2.45, 2.75) is 77.0 Å². The molecule has 0 bridgehead atoms. The Bertz CT molecular complexity index is 746. The molecule has 2 N–H and O–H groups in total. The maximum atomic E-state index is 12.4. The molecule has 158 valence electrons. The average molecular weight is 402 g/mol. The minimum atomic E-state index is -0.566. The van der Waals surface area contributed by atoms with E-state index in [4.69, 9.17) is 9.57 Å². The third-order valence-corrected chi connectivity index (χ3v) is 4.98. The summed E-state index contributed by atoms with van der Waals surface area (Å²) in [5.41, 5.74) is 1.33. The van der Waals surface area contributed by atoms with Gasteiger partial charge in [-0.15, -0.1) is 0 Å². The highest BCUT2D eigenvalue weighted by Gasteiger charge is 2.30. The number of amides is 2. The van der Waals surface area contributed by atoms with Crippen molar-refractivity contribution in [1.29, 1.82) is 0 Å². The molecular formula is C22H31N3O4. The van der Waals surface area contributed by atoms with Crippen LogP contribution in [0.4, 0.5) is 0 Å². The minimum Gasteiger partial charge on any atom is -0.484 e. The van der Waals surface area contributed by atoms with Crippen molar-refractivity contribution in [2.24, 2.45) is 5.16 Å². The molecule has 0 radical (unpaired) electrons. The van der Waals surface area contributed by atoms with Gasteiger partial charge in [-0.1, -0.05) is 24.4 Å². The first kappa shape index (κ1) is 21.1. The van der Waals surface area contributed by atoms with Gasteiger partial charge in [0.15, 0.2) is 6.61 Å². The average Bonchev–Trinajstić information content (AvgIpc) is 3.17. The Hall–Kier alpha value is -2.57. The lowest BCUT2D eigenvalue weighted by molar-refractivity contribution is -0.132. The van der Waals surface area contributed by atoms with Crippen LogP contribution in [-0.2, 0) is 14.4 Å². The lowest BCUT2D eigenvalue weighted by Crippen LogP contribution is -2.43. The van der Waals surface area contributed by atoms with Crippen molar-refractivity contribution in [2.75, 3.05) is 6.61 Å². The standard InChI is InChI=1S/C22H31N3O4/c1-22(2,3)24-20(26)14-28-17-11-9-15(10-12-17)18-13-19(29-25-18)21(27)23-16-7-5-4-6-8-16/h9-12,16,19H,4-8,13-14H2,1-3H3,(H,23,27)(H,24,26). The molecule has 1 aromatic rings. The Morgan fingerprint density at radius 2 is 1.83 bits per heavy atom. The number of carbonyl (C=O) groups is 2. The van der Waals surface area contributed by atoms with E-state index in [1.807, 2.05) is 32.9 Å². The van der Waals surface area contributed by atoms with Crippen molar-refractivity contribution in [3.63, 3.8) is 0 Å². The summed E-state index contributed by atoms with van der Waals surface area (Å²) >= 11 is 0. The van der Waals surface area contributed by atoms with Crippen LogP contribution in [0.5, 0.6) is 5.75 Å². The normalized spacial score (nSPS) is 19.8. The summed E-state index contributed by atoms with van der Waals surface area (Å²) in [5.74, 6) is 0.353. The molecule has 0 spiro atoms. The van der Waals surface area contributed by atoms with Crippen LogP contribution >= 0.6 is 0 Å². The number of oxime groups is 1. The monoisotopic (exact) mass is 401 g/mol. The minimum absolute atomic E-state index is 0.0376. The van der Waals surface area contributed by atoms with Crippen molar-refractivity contribution < 1.29 is 19.2 Å². The van der Waals surface area contributed by atoms with Crippen LogP contribution in [0.1, 0.15) is 64.9 Å². The Labute approximate surface area is 172 Å². The molecule has 29 heavy (non-hydrogen) atoms. The number of carbonyl (C=O) groups excluding carboxylic acids is 2. The van der Waals surface area contributed by atoms with Gasteiger partial charge in [0.05, 0.1) is 5.71 Å². The van der Waals surface area contributed by atoms with E-state index in [0.717, 1.165) is 24.1 Å². The Balaban J connectivity index is 1.46. The molecule has 1 aromatic carbocycles. The molecule has 7 nitrogen and oxygen atoms in total. The van der Waals surface area contributed by atoms with Crippen LogP contribution < -0.4 is 15.4 Å². The van der Waals surface area contributed by atoms with E-state index in [2.05, 4.69) is 15.8 Å². The predicted octanol–water partition coefficient (Wildman–Crippen LogP) is 2.92. The van der Waals surface area contributed by atoms with Crippen LogP contribution in [0.3, 0.4) is 0 Å². The number of hydrogen-bond acceptors (Lipinski definition) is 5. The second-order valence-electron chi connectivity index (χ2n) is 8.79. The van der Waals surface area contributed by atoms with Crippen LogP contribution in [0.15, 0.2) is 29.4 Å². The van der Waals surface area contributed by atoms with E-state index in [1.54, 1.807) is 12.1 Å². The number of nitrogens with zero attached hydrogens (tertiary/aromatic N) is 1. The Morgan fingerprint density at radius 3 is 2.48 bits per heavy atom. The topological polar surface area (TPSA) is 89.0 Å². The lowest BCUT2D eigenvalue weighted by Gasteiger charge is -2.23. The fraction of sp³-hybridized carbons (Fsp3) is 0.591. The van der Waals surface area contributed by atoms with Gasteiger partial charge in [-0.25, -0.2) is 0 Å².